The number of halogens is 1. The second-order valence-electron chi connectivity index (χ2n) is 6.37. The van der Waals surface area contributed by atoms with Crippen LogP contribution in [0.5, 0.6) is 0 Å². The Kier molecular flexibility index (Phi) is 4.99. The molecule has 1 spiro atoms. The summed E-state index contributed by atoms with van der Waals surface area (Å²) in [5, 5.41) is 10.8. The highest BCUT2D eigenvalue weighted by atomic mass is 79.9. The van der Waals surface area contributed by atoms with Crippen molar-refractivity contribution in [2.24, 2.45) is 5.92 Å². The summed E-state index contributed by atoms with van der Waals surface area (Å²) in [6.07, 6.45) is 3.83. The molecule has 3 rings (SSSR count). The van der Waals surface area contributed by atoms with Crippen molar-refractivity contribution < 1.29 is 9.84 Å². The molecule has 1 aromatic carbocycles. The van der Waals surface area contributed by atoms with Gasteiger partial charge in [-0.25, -0.2) is 0 Å². The predicted molar refractivity (Wildman–Crippen MR) is 91.8 cm³/mol. The predicted octanol–water partition coefficient (Wildman–Crippen LogP) is 4.48. The molecule has 116 valence electrons. The SMILES string of the molecule is Cc1ccc(C(O)C2CCOC3(CCSCC3)C2)c(Br)c1. The molecule has 0 saturated carbocycles. The Balaban J connectivity index is 1.76. The smallest absolute Gasteiger partial charge is 0.0831 e. The van der Waals surface area contributed by atoms with Crippen molar-refractivity contribution in [2.75, 3.05) is 18.1 Å². The molecule has 2 fully saturated rings. The second-order valence-corrected chi connectivity index (χ2v) is 8.45. The quantitative estimate of drug-likeness (QED) is 0.831. The number of aliphatic hydroxyl groups excluding tert-OH is 1. The topological polar surface area (TPSA) is 29.5 Å². The zero-order valence-corrected chi connectivity index (χ0v) is 14.9. The van der Waals surface area contributed by atoms with Gasteiger partial charge in [-0.15, -0.1) is 0 Å². The average Bonchev–Trinajstić information content (AvgIpc) is 2.47. The van der Waals surface area contributed by atoms with Crippen molar-refractivity contribution in [1.82, 2.24) is 0 Å². The van der Waals surface area contributed by atoms with Crippen LogP contribution < -0.4 is 0 Å². The van der Waals surface area contributed by atoms with Gasteiger partial charge in [-0.1, -0.05) is 28.1 Å². The lowest BCUT2D eigenvalue weighted by Crippen LogP contribution is -2.44. The van der Waals surface area contributed by atoms with Crippen molar-refractivity contribution >= 4 is 27.7 Å². The number of ether oxygens (including phenoxy) is 1. The first kappa shape index (κ1) is 15.9. The molecule has 0 bridgehead atoms. The van der Waals surface area contributed by atoms with Crippen molar-refractivity contribution in [3.63, 3.8) is 0 Å². The molecule has 2 atom stereocenters. The zero-order chi connectivity index (χ0) is 14.9. The van der Waals surface area contributed by atoms with Crippen LogP contribution in [0.2, 0.25) is 0 Å². The van der Waals surface area contributed by atoms with Gasteiger partial charge in [0, 0.05) is 11.1 Å². The molecule has 1 aromatic rings. The van der Waals surface area contributed by atoms with Gasteiger partial charge in [0.25, 0.3) is 0 Å². The molecule has 2 saturated heterocycles. The Morgan fingerprint density at radius 1 is 1.38 bits per heavy atom. The minimum atomic E-state index is -0.393. The third kappa shape index (κ3) is 3.49. The number of hydrogen-bond donors (Lipinski definition) is 1. The number of aryl methyl sites for hydroxylation is 1. The summed E-state index contributed by atoms with van der Waals surface area (Å²) >= 11 is 5.63. The maximum absolute atomic E-state index is 10.8. The zero-order valence-electron chi connectivity index (χ0n) is 12.5. The number of benzene rings is 1. The Bertz CT molecular complexity index is 494. The summed E-state index contributed by atoms with van der Waals surface area (Å²) in [5.41, 5.74) is 2.27. The van der Waals surface area contributed by atoms with Crippen molar-refractivity contribution in [3.8, 4) is 0 Å². The fourth-order valence-electron chi connectivity index (χ4n) is 3.55. The molecule has 21 heavy (non-hydrogen) atoms. The van der Waals surface area contributed by atoms with Gasteiger partial charge in [0.05, 0.1) is 11.7 Å². The van der Waals surface area contributed by atoms with Crippen LogP contribution >= 0.6 is 27.7 Å². The first-order valence-electron chi connectivity index (χ1n) is 7.75. The molecule has 2 aliphatic heterocycles. The molecule has 2 unspecified atom stereocenters. The van der Waals surface area contributed by atoms with Crippen molar-refractivity contribution in [2.45, 2.75) is 44.3 Å². The molecular formula is C17H23BrO2S. The highest BCUT2D eigenvalue weighted by Gasteiger charge is 2.41. The number of thioether (sulfide) groups is 1. The standard InChI is InChI=1S/C17H23BrO2S/c1-12-2-3-14(15(18)10-12)16(19)13-4-7-20-17(11-13)5-8-21-9-6-17/h2-3,10,13,16,19H,4-9,11H2,1H3. The fraction of sp³-hybridized carbons (Fsp3) is 0.647. The Labute approximate surface area is 139 Å². The Hall–Kier alpha value is -0.0300. The van der Waals surface area contributed by atoms with Gasteiger partial charge < -0.3 is 9.84 Å². The van der Waals surface area contributed by atoms with E-state index in [2.05, 4.69) is 41.1 Å². The van der Waals surface area contributed by atoms with Crippen LogP contribution in [0.4, 0.5) is 0 Å². The van der Waals surface area contributed by atoms with Crippen LogP contribution in [-0.2, 0) is 4.74 Å². The van der Waals surface area contributed by atoms with E-state index >= 15 is 0 Å². The van der Waals surface area contributed by atoms with Crippen LogP contribution in [0.25, 0.3) is 0 Å². The van der Waals surface area contributed by atoms with Gasteiger partial charge in [0.15, 0.2) is 0 Å². The van der Waals surface area contributed by atoms with Gasteiger partial charge in [-0.2, -0.15) is 11.8 Å². The molecular weight excluding hydrogens is 348 g/mol. The summed E-state index contributed by atoms with van der Waals surface area (Å²) in [6.45, 7) is 2.86. The van der Waals surface area contributed by atoms with E-state index in [0.29, 0.717) is 5.92 Å². The third-order valence-electron chi connectivity index (χ3n) is 4.86. The molecule has 2 heterocycles. The first-order chi connectivity index (χ1) is 10.1. The minimum absolute atomic E-state index is 0.0340. The molecule has 0 aliphatic carbocycles. The van der Waals surface area contributed by atoms with E-state index in [-0.39, 0.29) is 5.60 Å². The molecule has 4 heteroatoms. The van der Waals surface area contributed by atoms with Crippen molar-refractivity contribution in [1.29, 1.82) is 0 Å². The lowest BCUT2D eigenvalue weighted by atomic mass is 9.78. The van der Waals surface area contributed by atoms with Crippen LogP contribution in [0, 0.1) is 12.8 Å². The fourth-order valence-corrected chi connectivity index (χ4v) is 5.52. The Morgan fingerprint density at radius 3 is 2.86 bits per heavy atom. The number of aliphatic hydroxyl groups is 1. The maximum atomic E-state index is 10.8. The van der Waals surface area contributed by atoms with E-state index < -0.39 is 6.10 Å². The molecule has 0 amide bonds. The molecule has 0 radical (unpaired) electrons. The Morgan fingerprint density at radius 2 is 2.14 bits per heavy atom. The van der Waals surface area contributed by atoms with Gasteiger partial charge >= 0.3 is 0 Å². The monoisotopic (exact) mass is 370 g/mol. The lowest BCUT2D eigenvalue weighted by Gasteiger charge is -2.44. The second kappa shape index (κ2) is 6.61. The van der Waals surface area contributed by atoms with E-state index in [9.17, 15) is 5.11 Å². The first-order valence-corrected chi connectivity index (χ1v) is 9.70. The van der Waals surface area contributed by atoms with Crippen molar-refractivity contribution in [3.05, 3.63) is 33.8 Å². The van der Waals surface area contributed by atoms with Gasteiger partial charge in [0.1, 0.15) is 0 Å². The molecule has 0 aromatic heterocycles. The van der Waals surface area contributed by atoms with Gasteiger partial charge in [-0.3, -0.25) is 0 Å². The van der Waals surface area contributed by atoms with Crippen LogP contribution in [0.3, 0.4) is 0 Å². The van der Waals surface area contributed by atoms with Gasteiger partial charge in [-0.05, 0) is 67.2 Å². The summed E-state index contributed by atoms with van der Waals surface area (Å²) in [7, 11) is 0. The highest BCUT2D eigenvalue weighted by Crippen LogP contribution is 2.44. The molecule has 1 N–H and O–H groups in total. The van der Waals surface area contributed by atoms with Crippen LogP contribution in [0.1, 0.15) is 42.9 Å². The van der Waals surface area contributed by atoms with E-state index in [0.717, 1.165) is 42.3 Å². The largest absolute Gasteiger partial charge is 0.388 e. The summed E-state index contributed by atoms with van der Waals surface area (Å²) in [6, 6.07) is 6.23. The van der Waals surface area contributed by atoms with Crippen LogP contribution in [0.15, 0.2) is 22.7 Å². The summed E-state index contributed by atoms with van der Waals surface area (Å²) < 4.78 is 7.16. The summed E-state index contributed by atoms with van der Waals surface area (Å²) in [4.78, 5) is 0. The highest BCUT2D eigenvalue weighted by molar-refractivity contribution is 9.10. The minimum Gasteiger partial charge on any atom is -0.388 e. The average molecular weight is 371 g/mol. The van der Waals surface area contributed by atoms with E-state index in [4.69, 9.17) is 4.74 Å². The number of hydrogen-bond acceptors (Lipinski definition) is 3. The van der Waals surface area contributed by atoms with E-state index in [1.807, 2.05) is 11.8 Å². The third-order valence-corrected chi connectivity index (χ3v) is 6.53. The molecule has 2 nitrogen and oxygen atoms in total. The maximum Gasteiger partial charge on any atom is 0.0831 e. The van der Waals surface area contributed by atoms with E-state index in [1.54, 1.807) is 0 Å². The number of rotatable bonds is 2. The normalized spacial score (nSPS) is 26.7. The molecule has 2 aliphatic rings. The summed E-state index contributed by atoms with van der Waals surface area (Å²) in [5.74, 6) is 2.69. The van der Waals surface area contributed by atoms with E-state index in [1.165, 1.54) is 17.1 Å². The van der Waals surface area contributed by atoms with Crippen LogP contribution in [-0.4, -0.2) is 28.8 Å². The van der Waals surface area contributed by atoms with Gasteiger partial charge in [0.2, 0.25) is 0 Å². The lowest BCUT2D eigenvalue weighted by molar-refractivity contribution is -0.121.